The number of aliphatic hydroxyl groups excluding tert-OH is 1. The molecular weight excluding hydrogens is 572 g/mol. The van der Waals surface area contributed by atoms with Crippen LogP contribution < -0.4 is 5.32 Å². The van der Waals surface area contributed by atoms with E-state index in [1.807, 2.05) is 42.5 Å². The maximum Gasteiger partial charge on any atom is 0.335 e. The van der Waals surface area contributed by atoms with E-state index >= 15 is 0 Å². The molecule has 0 saturated heterocycles. The van der Waals surface area contributed by atoms with Crippen LogP contribution in [0.15, 0.2) is 127 Å². The van der Waals surface area contributed by atoms with E-state index in [1.54, 1.807) is 66.7 Å². The molecule has 0 spiro atoms. The van der Waals surface area contributed by atoms with Crippen molar-refractivity contribution in [3.63, 3.8) is 0 Å². The van der Waals surface area contributed by atoms with E-state index in [0.29, 0.717) is 11.1 Å². The van der Waals surface area contributed by atoms with Crippen molar-refractivity contribution in [1.29, 1.82) is 0 Å². The van der Waals surface area contributed by atoms with Gasteiger partial charge in [0.2, 0.25) is 5.72 Å². The van der Waals surface area contributed by atoms with Gasteiger partial charge in [0.05, 0.1) is 5.56 Å². The maximum atomic E-state index is 13.2. The van der Waals surface area contributed by atoms with E-state index in [2.05, 4.69) is 5.32 Å². The summed E-state index contributed by atoms with van der Waals surface area (Å²) >= 11 is 0. The first kappa shape index (κ1) is 29.2. The van der Waals surface area contributed by atoms with Crippen molar-refractivity contribution < 1.29 is 34.5 Å². The smallest absolute Gasteiger partial charge is 0.335 e. The molecule has 7 rings (SSSR count). The fraction of sp³-hybridized carbons (Fsp3) is 0.0556. The Bertz CT molecular complexity index is 1950. The number of fused-ring (bicyclic) bond motifs is 2. The Hall–Kier alpha value is -5.90. The Morgan fingerprint density at radius 2 is 1.29 bits per heavy atom. The van der Waals surface area contributed by atoms with Crippen LogP contribution in [0.3, 0.4) is 0 Å². The third-order valence-corrected chi connectivity index (χ3v) is 7.77. The highest BCUT2D eigenvalue weighted by atomic mass is 16.4. The summed E-state index contributed by atoms with van der Waals surface area (Å²) in [5, 5.41) is 33.2. The van der Waals surface area contributed by atoms with Crippen molar-refractivity contribution in [2.75, 3.05) is 0 Å². The molecule has 4 N–H and O–H groups in total. The molecule has 5 aromatic carbocycles. The van der Waals surface area contributed by atoms with E-state index in [0.717, 1.165) is 16.0 Å². The Morgan fingerprint density at radius 3 is 1.93 bits per heavy atom. The first-order chi connectivity index (χ1) is 21.7. The zero-order valence-corrected chi connectivity index (χ0v) is 23.6. The molecule has 0 saturated carbocycles. The number of nitrogens with zero attached hydrogens (tertiary/aromatic N) is 1. The molecule has 5 aromatic rings. The first-order valence-corrected chi connectivity index (χ1v) is 14.0. The number of aromatic carboxylic acids is 1. The number of carbonyl (C=O) groups excluding carboxylic acids is 3. The van der Waals surface area contributed by atoms with Crippen LogP contribution in [0.5, 0.6) is 0 Å². The Morgan fingerprint density at radius 1 is 0.689 bits per heavy atom. The SMILES string of the molecule is O=C(O)c1ccc2c(c1)C(O)(c1ccccc1)N(C(=O)c1ccccc1)C2=O.O=C1NC(O)c2cc(-c3ccccc3)ccc21. The van der Waals surface area contributed by atoms with Gasteiger partial charge in [0.25, 0.3) is 17.7 Å². The second kappa shape index (κ2) is 11.6. The summed E-state index contributed by atoms with van der Waals surface area (Å²) in [6.07, 6.45) is -0.888. The summed E-state index contributed by atoms with van der Waals surface area (Å²) in [5.74, 6) is -2.78. The van der Waals surface area contributed by atoms with E-state index in [4.69, 9.17) is 0 Å². The highest BCUT2D eigenvalue weighted by Crippen LogP contribution is 2.43. The number of hydrogen-bond acceptors (Lipinski definition) is 6. The van der Waals surface area contributed by atoms with Gasteiger partial charge in [-0.25, -0.2) is 9.69 Å². The number of imide groups is 1. The van der Waals surface area contributed by atoms with Crippen LogP contribution in [0, 0.1) is 0 Å². The predicted molar refractivity (Wildman–Crippen MR) is 164 cm³/mol. The lowest BCUT2D eigenvalue weighted by atomic mass is 9.92. The lowest BCUT2D eigenvalue weighted by molar-refractivity contribution is -0.0362. The fourth-order valence-electron chi connectivity index (χ4n) is 5.53. The van der Waals surface area contributed by atoms with E-state index < -0.39 is 29.7 Å². The predicted octanol–water partition coefficient (Wildman–Crippen LogP) is 4.96. The topological polar surface area (TPSA) is 144 Å². The van der Waals surface area contributed by atoms with Gasteiger partial charge in [-0.15, -0.1) is 0 Å². The summed E-state index contributed by atoms with van der Waals surface area (Å²) in [4.78, 5) is 49.9. The minimum absolute atomic E-state index is 0.0629. The number of amides is 3. The van der Waals surface area contributed by atoms with Crippen LogP contribution >= 0.6 is 0 Å². The Labute approximate surface area is 257 Å². The van der Waals surface area contributed by atoms with Crippen LogP contribution in [-0.4, -0.2) is 43.9 Å². The van der Waals surface area contributed by atoms with E-state index in [9.17, 15) is 34.5 Å². The molecule has 0 bridgehead atoms. The fourth-order valence-corrected chi connectivity index (χ4v) is 5.53. The number of carbonyl (C=O) groups is 4. The van der Waals surface area contributed by atoms with Crippen molar-refractivity contribution in [3.8, 4) is 11.1 Å². The number of rotatable bonds is 4. The minimum atomic E-state index is -2.12. The normalized spacial score (nSPS) is 17.9. The molecule has 2 aliphatic heterocycles. The van der Waals surface area contributed by atoms with Gasteiger partial charge in [-0.2, -0.15) is 0 Å². The van der Waals surface area contributed by atoms with Gasteiger partial charge >= 0.3 is 5.97 Å². The molecule has 9 heteroatoms. The molecule has 2 unspecified atom stereocenters. The van der Waals surface area contributed by atoms with Crippen molar-refractivity contribution in [3.05, 3.63) is 166 Å². The van der Waals surface area contributed by atoms with E-state index in [1.165, 1.54) is 18.2 Å². The van der Waals surface area contributed by atoms with Gasteiger partial charge in [-0.05, 0) is 53.6 Å². The number of nitrogens with one attached hydrogen (secondary N) is 1. The van der Waals surface area contributed by atoms with Crippen LogP contribution in [0.4, 0.5) is 0 Å². The average molecular weight is 599 g/mol. The molecule has 0 fully saturated rings. The van der Waals surface area contributed by atoms with Gasteiger partial charge in [0.1, 0.15) is 0 Å². The molecule has 0 aromatic heterocycles. The number of carboxylic acids is 1. The summed E-state index contributed by atoms with van der Waals surface area (Å²) in [6.45, 7) is 0. The van der Waals surface area contributed by atoms with Crippen molar-refractivity contribution in [2.45, 2.75) is 12.0 Å². The third-order valence-electron chi connectivity index (χ3n) is 7.77. The van der Waals surface area contributed by atoms with Gasteiger partial charge in [-0.3, -0.25) is 14.4 Å². The molecule has 9 nitrogen and oxygen atoms in total. The molecule has 45 heavy (non-hydrogen) atoms. The monoisotopic (exact) mass is 598 g/mol. The standard InChI is InChI=1S/C22H15NO5.C14H11NO2/c24-19(14-7-3-1-4-8-14)23-20(25)17-12-11-15(21(26)27)13-18(17)22(23,28)16-9-5-2-6-10-16;16-13-11-7-6-10(8-12(11)14(17)15-13)9-4-2-1-3-5-9/h1-13,28H,(H,26,27);1-8,14,17H,(H,15,16). The lowest BCUT2D eigenvalue weighted by Crippen LogP contribution is -2.48. The van der Waals surface area contributed by atoms with E-state index in [-0.39, 0.29) is 33.7 Å². The molecule has 2 atom stereocenters. The number of hydrogen-bond donors (Lipinski definition) is 4. The summed E-state index contributed by atoms with van der Waals surface area (Å²) in [5.41, 5.74) is 1.73. The highest BCUT2D eigenvalue weighted by Gasteiger charge is 2.53. The number of aliphatic hydroxyl groups is 2. The number of carboxylic acid groups (broad SMARTS) is 1. The summed E-state index contributed by atoms with van der Waals surface area (Å²) < 4.78 is 0. The molecular formula is C36H26N2O7. The Kier molecular flexibility index (Phi) is 7.55. The van der Waals surface area contributed by atoms with Crippen LogP contribution in [-0.2, 0) is 5.72 Å². The Balaban J connectivity index is 0.000000179. The first-order valence-electron chi connectivity index (χ1n) is 14.0. The molecule has 0 radical (unpaired) electrons. The lowest BCUT2D eigenvalue weighted by Gasteiger charge is -2.33. The van der Waals surface area contributed by atoms with Crippen LogP contribution in [0.1, 0.15) is 64.4 Å². The van der Waals surface area contributed by atoms with Crippen molar-refractivity contribution in [1.82, 2.24) is 10.2 Å². The number of benzene rings is 5. The summed E-state index contributed by atoms with van der Waals surface area (Å²) in [6, 6.07) is 35.6. The zero-order chi connectivity index (χ0) is 31.7. The second-order valence-electron chi connectivity index (χ2n) is 10.5. The molecule has 0 aliphatic carbocycles. The average Bonchev–Trinajstić information content (AvgIpc) is 3.50. The van der Waals surface area contributed by atoms with Gasteiger partial charge < -0.3 is 20.6 Å². The third kappa shape index (κ3) is 5.16. The zero-order valence-electron chi connectivity index (χ0n) is 23.6. The highest BCUT2D eigenvalue weighted by molar-refractivity contribution is 6.14. The summed E-state index contributed by atoms with van der Waals surface area (Å²) in [7, 11) is 0. The molecule has 2 heterocycles. The van der Waals surface area contributed by atoms with Gasteiger partial charge in [0.15, 0.2) is 6.23 Å². The molecule has 222 valence electrons. The minimum Gasteiger partial charge on any atom is -0.478 e. The maximum absolute atomic E-state index is 13.2. The van der Waals surface area contributed by atoms with Crippen molar-refractivity contribution >= 4 is 23.7 Å². The van der Waals surface area contributed by atoms with Crippen LogP contribution in [0.2, 0.25) is 0 Å². The van der Waals surface area contributed by atoms with Gasteiger partial charge in [0, 0.05) is 33.4 Å². The van der Waals surface area contributed by atoms with Crippen LogP contribution in [0.25, 0.3) is 11.1 Å². The second-order valence-corrected chi connectivity index (χ2v) is 10.5. The van der Waals surface area contributed by atoms with Crippen molar-refractivity contribution in [2.24, 2.45) is 0 Å². The molecule has 3 amide bonds. The quantitative estimate of drug-likeness (QED) is 0.214. The molecule has 2 aliphatic rings. The van der Waals surface area contributed by atoms with Gasteiger partial charge in [-0.1, -0.05) is 84.9 Å². The largest absolute Gasteiger partial charge is 0.478 e.